The van der Waals surface area contributed by atoms with E-state index in [9.17, 15) is 0 Å². The van der Waals surface area contributed by atoms with Gasteiger partial charge in [0.2, 0.25) is 5.13 Å². The topological polar surface area (TPSA) is 64.5 Å². The first-order valence-electron chi connectivity index (χ1n) is 9.18. The van der Waals surface area contributed by atoms with Crippen molar-refractivity contribution in [2.75, 3.05) is 74.1 Å². The van der Waals surface area contributed by atoms with E-state index < -0.39 is 0 Å². The first kappa shape index (κ1) is 17.4. The monoisotopic (exact) mass is 374 g/mol. The number of hydrogen-bond acceptors (Lipinski definition) is 9. The van der Waals surface area contributed by atoms with Crippen LogP contribution in [0.2, 0.25) is 0 Å². The average Bonchev–Trinajstić information content (AvgIpc) is 3.08. The third-order valence-corrected chi connectivity index (χ3v) is 5.93. The smallest absolute Gasteiger partial charge is 0.208 e. The molecule has 0 radical (unpaired) electrons. The van der Waals surface area contributed by atoms with Crippen LogP contribution in [0.3, 0.4) is 0 Å². The standard InChI is InChI=1S/C17H26N8S/c1-13-18-15(23-6-4-22(3)5-7-23)12-16(19-13)24-8-10-25(11-9-24)17-21-20-14(2)26-17/h12H,4-11H2,1-3H3. The lowest BCUT2D eigenvalue weighted by atomic mass is 10.3. The highest BCUT2D eigenvalue weighted by molar-refractivity contribution is 7.15. The summed E-state index contributed by atoms with van der Waals surface area (Å²) in [6.45, 7) is 12.0. The quantitative estimate of drug-likeness (QED) is 0.789. The van der Waals surface area contributed by atoms with Crippen LogP contribution < -0.4 is 14.7 Å². The van der Waals surface area contributed by atoms with Gasteiger partial charge in [-0.1, -0.05) is 11.3 Å². The maximum Gasteiger partial charge on any atom is 0.208 e. The number of anilines is 3. The van der Waals surface area contributed by atoms with Crippen molar-refractivity contribution in [3.63, 3.8) is 0 Å². The molecule has 0 bridgehead atoms. The van der Waals surface area contributed by atoms with E-state index in [1.165, 1.54) is 0 Å². The Kier molecular flexibility index (Phi) is 4.90. The van der Waals surface area contributed by atoms with Gasteiger partial charge in [0.15, 0.2) is 0 Å². The number of likely N-dealkylation sites (N-methyl/N-ethyl adjacent to an activating group) is 1. The lowest BCUT2D eigenvalue weighted by molar-refractivity contribution is 0.312. The van der Waals surface area contributed by atoms with E-state index in [2.05, 4.69) is 47.9 Å². The Morgan fingerprint density at radius 3 is 1.85 bits per heavy atom. The van der Waals surface area contributed by atoms with Gasteiger partial charge in [-0.25, -0.2) is 9.97 Å². The molecule has 0 aromatic carbocycles. The van der Waals surface area contributed by atoms with Crippen molar-refractivity contribution in [2.24, 2.45) is 0 Å². The summed E-state index contributed by atoms with van der Waals surface area (Å²) in [7, 11) is 2.17. The van der Waals surface area contributed by atoms with Crippen LogP contribution in [0.1, 0.15) is 10.8 Å². The fraction of sp³-hybridized carbons (Fsp3) is 0.647. The molecule has 140 valence electrons. The third kappa shape index (κ3) is 3.73. The van der Waals surface area contributed by atoms with Crippen molar-refractivity contribution in [1.29, 1.82) is 0 Å². The number of rotatable bonds is 3. The second kappa shape index (κ2) is 7.32. The molecule has 2 fully saturated rings. The first-order valence-corrected chi connectivity index (χ1v) is 9.99. The van der Waals surface area contributed by atoms with Gasteiger partial charge < -0.3 is 19.6 Å². The second-order valence-electron chi connectivity index (χ2n) is 7.00. The summed E-state index contributed by atoms with van der Waals surface area (Å²) in [4.78, 5) is 18.8. The third-order valence-electron chi connectivity index (χ3n) is 5.03. The SMILES string of the molecule is Cc1nc(N2CCN(C)CC2)cc(N2CCN(c3nnc(C)s3)CC2)n1. The first-order chi connectivity index (χ1) is 12.6. The predicted octanol–water partition coefficient (Wildman–Crippen LogP) is 1.02. The molecule has 4 heterocycles. The van der Waals surface area contributed by atoms with Gasteiger partial charge >= 0.3 is 0 Å². The van der Waals surface area contributed by atoms with Gasteiger partial charge in [0.1, 0.15) is 22.5 Å². The zero-order valence-electron chi connectivity index (χ0n) is 15.7. The van der Waals surface area contributed by atoms with Crippen LogP contribution in [-0.4, -0.2) is 84.5 Å². The van der Waals surface area contributed by atoms with E-state index in [0.29, 0.717) is 0 Å². The molecule has 2 aliphatic heterocycles. The number of aryl methyl sites for hydroxylation is 2. The average molecular weight is 375 g/mol. The van der Waals surface area contributed by atoms with Crippen LogP contribution >= 0.6 is 11.3 Å². The van der Waals surface area contributed by atoms with Gasteiger partial charge in [-0.3, -0.25) is 0 Å². The molecule has 9 heteroatoms. The molecule has 2 saturated heterocycles. The molecule has 0 spiro atoms. The Hall–Kier alpha value is -2.00. The summed E-state index contributed by atoms with van der Waals surface area (Å²) in [5, 5.41) is 10.5. The number of aromatic nitrogens is 4. The minimum Gasteiger partial charge on any atom is -0.354 e. The molecule has 2 aromatic heterocycles. The highest BCUT2D eigenvalue weighted by atomic mass is 32.1. The lowest BCUT2D eigenvalue weighted by Gasteiger charge is -2.36. The minimum absolute atomic E-state index is 0.846. The lowest BCUT2D eigenvalue weighted by Crippen LogP contribution is -2.47. The minimum atomic E-state index is 0.846. The van der Waals surface area contributed by atoms with Gasteiger partial charge in [-0.05, 0) is 20.9 Å². The number of hydrogen-bond donors (Lipinski definition) is 0. The van der Waals surface area contributed by atoms with Crippen molar-refractivity contribution >= 4 is 28.1 Å². The van der Waals surface area contributed by atoms with E-state index in [4.69, 9.17) is 4.98 Å². The van der Waals surface area contributed by atoms with Gasteiger partial charge in [-0.15, -0.1) is 10.2 Å². The molecule has 0 unspecified atom stereocenters. The molecule has 2 aromatic rings. The highest BCUT2D eigenvalue weighted by Crippen LogP contribution is 2.24. The van der Waals surface area contributed by atoms with E-state index >= 15 is 0 Å². The zero-order valence-corrected chi connectivity index (χ0v) is 16.5. The Bertz CT molecular complexity index is 747. The number of nitrogens with zero attached hydrogens (tertiary/aromatic N) is 8. The van der Waals surface area contributed by atoms with Crippen LogP contribution in [0.5, 0.6) is 0 Å². The largest absolute Gasteiger partial charge is 0.354 e. The molecule has 0 saturated carbocycles. The molecule has 8 nitrogen and oxygen atoms in total. The maximum absolute atomic E-state index is 4.70. The highest BCUT2D eigenvalue weighted by Gasteiger charge is 2.23. The summed E-state index contributed by atoms with van der Waals surface area (Å²) in [5.41, 5.74) is 0. The van der Waals surface area contributed by atoms with E-state index in [1.807, 2.05) is 13.8 Å². The van der Waals surface area contributed by atoms with E-state index in [1.54, 1.807) is 11.3 Å². The Labute approximate surface area is 158 Å². The fourth-order valence-electron chi connectivity index (χ4n) is 3.44. The molecule has 0 amide bonds. The predicted molar refractivity (Wildman–Crippen MR) is 106 cm³/mol. The van der Waals surface area contributed by atoms with Crippen LogP contribution in [-0.2, 0) is 0 Å². The van der Waals surface area contributed by atoms with Gasteiger partial charge in [-0.2, -0.15) is 0 Å². The van der Waals surface area contributed by atoms with E-state index in [-0.39, 0.29) is 0 Å². The summed E-state index contributed by atoms with van der Waals surface area (Å²) >= 11 is 1.66. The van der Waals surface area contributed by atoms with Gasteiger partial charge in [0.05, 0.1) is 0 Å². The molecule has 0 N–H and O–H groups in total. The zero-order chi connectivity index (χ0) is 18.1. The normalized spacial score (nSPS) is 19.3. The van der Waals surface area contributed by atoms with Crippen LogP contribution in [0, 0.1) is 13.8 Å². The molecular formula is C17H26N8S. The van der Waals surface area contributed by atoms with Crippen molar-refractivity contribution in [1.82, 2.24) is 25.1 Å². The van der Waals surface area contributed by atoms with Crippen molar-refractivity contribution in [3.8, 4) is 0 Å². The summed E-state index contributed by atoms with van der Waals surface area (Å²) in [5.74, 6) is 2.95. The molecule has 4 rings (SSSR count). The Morgan fingerprint density at radius 2 is 1.31 bits per heavy atom. The second-order valence-corrected chi connectivity index (χ2v) is 8.16. The van der Waals surface area contributed by atoms with Crippen molar-refractivity contribution < 1.29 is 0 Å². The molecule has 0 aliphatic carbocycles. The number of piperazine rings is 2. The molecule has 26 heavy (non-hydrogen) atoms. The van der Waals surface area contributed by atoms with E-state index in [0.717, 1.165) is 80.0 Å². The fourth-order valence-corrected chi connectivity index (χ4v) is 4.18. The summed E-state index contributed by atoms with van der Waals surface area (Å²) in [6, 6.07) is 2.16. The van der Waals surface area contributed by atoms with Gasteiger partial charge in [0.25, 0.3) is 0 Å². The summed E-state index contributed by atoms with van der Waals surface area (Å²) in [6.07, 6.45) is 0. The summed E-state index contributed by atoms with van der Waals surface area (Å²) < 4.78 is 0. The molecule has 2 aliphatic rings. The maximum atomic E-state index is 4.70. The molecular weight excluding hydrogens is 348 g/mol. The van der Waals surface area contributed by atoms with Crippen molar-refractivity contribution in [3.05, 3.63) is 16.9 Å². The Morgan fingerprint density at radius 1 is 0.769 bits per heavy atom. The van der Waals surface area contributed by atoms with Crippen LogP contribution in [0.15, 0.2) is 6.07 Å². The van der Waals surface area contributed by atoms with Gasteiger partial charge in [0, 0.05) is 58.4 Å². The Balaban J connectivity index is 1.45. The molecule has 0 atom stereocenters. The van der Waals surface area contributed by atoms with Crippen LogP contribution in [0.4, 0.5) is 16.8 Å². The van der Waals surface area contributed by atoms with Crippen LogP contribution in [0.25, 0.3) is 0 Å². The van der Waals surface area contributed by atoms with Crippen molar-refractivity contribution in [2.45, 2.75) is 13.8 Å².